The highest BCUT2D eigenvalue weighted by atomic mass is 32.2. The van der Waals surface area contributed by atoms with E-state index in [1.165, 1.54) is 57.3 Å². The van der Waals surface area contributed by atoms with Crippen LogP contribution >= 0.6 is 0 Å². The first-order valence-corrected chi connectivity index (χ1v) is 24.5. The molecule has 2 aromatic rings. The molecule has 4 N–H and O–H groups in total. The van der Waals surface area contributed by atoms with E-state index >= 15 is 0 Å². The summed E-state index contributed by atoms with van der Waals surface area (Å²) in [5.74, 6) is -0.301. The molecule has 6 aliphatic rings. The lowest BCUT2D eigenvalue weighted by molar-refractivity contribution is -0.0456. The monoisotopic (exact) mass is 842 g/mol. The average Bonchev–Trinajstić information content (AvgIpc) is 4.00. The number of urea groups is 1. The van der Waals surface area contributed by atoms with E-state index in [0.717, 1.165) is 88.7 Å². The van der Waals surface area contributed by atoms with Crippen LogP contribution in [0.1, 0.15) is 97.9 Å². The van der Waals surface area contributed by atoms with Gasteiger partial charge in [0.25, 0.3) is 0 Å². The summed E-state index contributed by atoms with van der Waals surface area (Å²) in [6, 6.07) is 4.65. The summed E-state index contributed by atoms with van der Waals surface area (Å²) in [6.45, 7) is 12.3. The number of primary sulfonamides is 1. The molecule has 0 saturated carbocycles. The highest BCUT2D eigenvalue weighted by Crippen LogP contribution is 2.40. The number of hydrogen-bond donors (Lipinski definition) is 3. The maximum atomic E-state index is 12.6. The minimum atomic E-state index is -3.79. The Morgan fingerprint density at radius 2 is 1.38 bits per heavy atom. The number of ether oxygens (including phenoxy) is 2. The molecule has 3 atom stereocenters. The quantitative estimate of drug-likeness (QED) is 0.243. The number of benzene rings is 2. The number of aryl methyl sites for hydroxylation is 4. The summed E-state index contributed by atoms with van der Waals surface area (Å²) in [5.41, 5.74) is 12.3. The van der Waals surface area contributed by atoms with E-state index < -0.39 is 32.2 Å². The van der Waals surface area contributed by atoms with Gasteiger partial charge in [-0.1, -0.05) is 19.1 Å². The fourth-order valence-electron chi connectivity index (χ4n) is 9.49. The zero-order chi connectivity index (χ0) is 41.6. The number of nitrogens with two attached hydrogens (primary N) is 1. The van der Waals surface area contributed by atoms with Crippen LogP contribution in [0.5, 0.6) is 0 Å². The van der Waals surface area contributed by atoms with Crippen molar-refractivity contribution in [1.29, 1.82) is 0 Å². The van der Waals surface area contributed by atoms with Crippen molar-refractivity contribution < 1.29 is 35.9 Å². The van der Waals surface area contributed by atoms with E-state index in [9.17, 15) is 26.4 Å². The molecule has 0 aromatic heterocycles. The maximum absolute atomic E-state index is 12.6. The largest absolute Gasteiger partial charge is 0.374 e. The van der Waals surface area contributed by atoms with Gasteiger partial charge in [-0.25, -0.2) is 36.3 Å². The van der Waals surface area contributed by atoms with Gasteiger partial charge in [0.15, 0.2) is 0 Å². The molecule has 0 spiro atoms. The molecule has 3 unspecified atom stereocenters. The van der Waals surface area contributed by atoms with Crippen molar-refractivity contribution >= 4 is 43.5 Å². The third-order valence-electron chi connectivity index (χ3n) is 12.3. The Morgan fingerprint density at radius 3 is 1.90 bits per heavy atom. The Labute approximate surface area is 344 Å². The molecule has 8 rings (SSSR count). The summed E-state index contributed by atoms with van der Waals surface area (Å²) in [4.78, 5) is 31.4. The number of anilines is 1. The Kier molecular flexibility index (Phi) is 14.9. The summed E-state index contributed by atoms with van der Waals surface area (Å²) in [5, 5.41) is 7.84. The smallest absolute Gasteiger partial charge is 0.332 e. The molecule has 16 heteroatoms. The fraction of sp³-hybridized carbons (Fsp3) is 0.667. The molecule has 2 fully saturated rings. The number of carbonyl (C=O) groups is 1. The number of aliphatic imine (C=N–C) groups is 1. The van der Waals surface area contributed by atoms with Gasteiger partial charge in [-0.3, -0.25) is 9.80 Å². The SMILES string of the molecule is CC(C)N1CCOC(CS(=O)(=O)NC(=O)Nc2c3c(cc4c2CCC4)CCC3)C1.CCN1CC(CS(N)(=O)=O)OCC1C.O=C=Nc1c2c(cc3c1CCC3)CCC2. The Morgan fingerprint density at radius 1 is 0.845 bits per heavy atom. The number of likely N-dealkylation sites (N-methyl/N-ethyl adjacent to an activating group) is 1. The van der Waals surface area contributed by atoms with Gasteiger partial charge >= 0.3 is 6.03 Å². The van der Waals surface area contributed by atoms with Gasteiger partial charge in [-0.15, -0.1) is 0 Å². The maximum Gasteiger partial charge on any atom is 0.332 e. The molecule has 2 aromatic carbocycles. The molecule has 4 aliphatic carbocycles. The number of nitrogens with zero attached hydrogens (tertiary/aromatic N) is 3. The van der Waals surface area contributed by atoms with Crippen LogP contribution in [-0.2, 0) is 85.7 Å². The van der Waals surface area contributed by atoms with Crippen LogP contribution in [0, 0.1) is 0 Å². The predicted molar refractivity (Wildman–Crippen MR) is 226 cm³/mol. The van der Waals surface area contributed by atoms with Gasteiger partial charge in [-0.2, -0.15) is 4.99 Å². The molecule has 14 nitrogen and oxygen atoms in total. The van der Waals surface area contributed by atoms with Crippen LogP contribution in [0.2, 0.25) is 0 Å². The third-order valence-corrected chi connectivity index (χ3v) is 14.5. The molecular weight excluding hydrogens is 781 g/mol. The molecule has 0 radical (unpaired) electrons. The number of fused-ring (bicyclic) bond motifs is 4. The third kappa shape index (κ3) is 11.3. The average molecular weight is 843 g/mol. The number of morpholine rings is 2. The summed E-state index contributed by atoms with van der Waals surface area (Å²) in [6.07, 6.45) is 14.0. The second-order valence-corrected chi connectivity index (χ2v) is 20.2. The minimum absolute atomic E-state index is 0.0871. The van der Waals surface area contributed by atoms with E-state index in [0.29, 0.717) is 38.4 Å². The van der Waals surface area contributed by atoms with E-state index in [1.54, 1.807) is 6.08 Å². The molecule has 2 saturated heterocycles. The zero-order valence-corrected chi connectivity index (χ0v) is 36.2. The Balaban J connectivity index is 0.000000164. The number of nitrogens with one attached hydrogen (secondary N) is 2. The lowest BCUT2D eigenvalue weighted by atomic mass is 9.99. The van der Waals surface area contributed by atoms with Crippen molar-refractivity contribution in [2.24, 2.45) is 10.1 Å². The Hall–Kier alpha value is -3.21. The number of carbonyl (C=O) groups excluding carboxylic acids is 2. The van der Waals surface area contributed by atoms with Crippen molar-refractivity contribution in [1.82, 2.24) is 14.5 Å². The van der Waals surface area contributed by atoms with Crippen molar-refractivity contribution in [2.75, 3.05) is 56.2 Å². The number of amides is 2. The first kappa shape index (κ1) is 44.3. The standard InChI is InChI=1S/C21H31N3O4S.C13H13NO.C8H18N2O3S/c1-14(2)24-9-10-28-17(12-24)13-29(26,27)23-21(25)22-20-18-7-3-5-15(18)11-16-6-4-8-19(16)20;15-8-14-13-11-5-1-3-9(11)7-10-4-2-6-12(10)13;1-3-10-4-8(6-14(9,11)12)13-5-7(10)2/h11,14,17H,3-10,12-13H2,1-2H3,(H2,22,23,25);7H,1-6H2;7-8H,3-6H2,1-2H3,(H2,9,11,12). The summed E-state index contributed by atoms with van der Waals surface area (Å²) < 4.78 is 60.1. The van der Waals surface area contributed by atoms with E-state index in [1.807, 2.05) is 0 Å². The normalized spacial score (nSPS) is 22.7. The van der Waals surface area contributed by atoms with Gasteiger partial charge in [0, 0.05) is 37.4 Å². The molecule has 58 heavy (non-hydrogen) atoms. The second-order valence-electron chi connectivity index (χ2n) is 16.8. The molecular formula is C42H62N6O8S2. The molecule has 2 aliphatic heterocycles. The van der Waals surface area contributed by atoms with Gasteiger partial charge in [0.2, 0.25) is 26.1 Å². The molecule has 2 heterocycles. The van der Waals surface area contributed by atoms with E-state index in [-0.39, 0.29) is 17.6 Å². The van der Waals surface area contributed by atoms with Crippen LogP contribution in [0.3, 0.4) is 0 Å². The zero-order valence-electron chi connectivity index (χ0n) is 34.6. The lowest BCUT2D eigenvalue weighted by Crippen LogP contribution is -2.50. The van der Waals surface area contributed by atoms with Gasteiger partial charge in [-0.05, 0) is 149 Å². The number of rotatable bonds is 9. The molecule has 2 amide bonds. The van der Waals surface area contributed by atoms with Crippen molar-refractivity contribution in [3.8, 4) is 0 Å². The van der Waals surface area contributed by atoms with E-state index in [2.05, 4.69) is 64.7 Å². The summed E-state index contributed by atoms with van der Waals surface area (Å²) in [7, 11) is -7.22. The first-order valence-electron chi connectivity index (χ1n) is 21.1. The lowest BCUT2D eigenvalue weighted by Gasteiger charge is -2.36. The predicted octanol–water partition coefficient (Wildman–Crippen LogP) is 4.24. The highest BCUT2D eigenvalue weighted by molar-refractivity contribution is 7.90. The van der Waals surface area contributed by atoms with Gasteiger partial charge in [0.05, 0.1) is 42.6 Å². The summed E-state index contributed by atoms with van der Waals surface area (Å²) >= 11 is 0. The van der Waals surface area contributed by atoms with Crippen molar-refractivity contribution in [3.63, 3.8) is 0 Å². The topological polar surface area (TPSA) is 190 Å². The first-order chi connectivity index (χ1) is 27.6. The second kappa shape index (κ2) is 19.4. The number of sulfonamides is 2. The van der Waals surface area contributed by atoms with Gasteiger partial charge in [0.1, 0.15) is 0 Å². The molecule has 0 bridgehead atoms. The van der Waals surface area contributed by atoms with Crippen LogP contribution in [-0.4, -0.2) is 114 Å². The van der Waals surface area contributed by atoms with Crippen LogP contribution in [0.15, 0.2) is 17.1 Å². The number of isocyanates is 1. The number of hydrogen-bond acceptors (Lipinski definition) is 11. The molecule has 320 valence electrons. The van der Waals surface area contributed by atoms with Crippen molar-refractivity contribution in [3.05, 3.63) is 56.6 Å². The van der Waals surface area contributed by atoms with Gasteiger partial charge < -0.3 is 14.8 Å². The fourth-order valence-corrected chi connectivity index (χ4v) is 11.3. The van der Waals surface area contributed by atoms with Crippen LogP contribution in [0.4, 0.5) is 16.2 Å². The van der Waals surface area contributed by atoms with Crippen LogP contribution < -0.4 is 15.2 Å². The minimum Gasteiger partial charge on any atom is -0.374 e. The van der Waals surface area contributed by atoms with Crippen molar-refractivity contribution in [2.45, 2.75) is 129 Å². The highest BCUT2D eigenvalue weighted by Gasteiger charge is 2.31. The Bertz CT molecular complexity index is 2020. The van der Waals surface area contributed by atoms with Crippen LogP contribution in [0.25, 0.3) is 0 Å². The van der Waals surface area contributed by atoms with E-state index in [4.69, 9.17) is 14.6 Å².